The molecule has 1 aromatic heterocycles. The maximum atomic E-state index is 12.5. The van der Waals surface area contributed by atoms with E-state index in [4.69, 9.17) is 4.42 Å². The summed E-state index contributed by atoms with van der Waals surface area (Å²) in [6.45, 7) is 3.97. The van der Waals surface area contributed by atoms with Crippen LogP contribution in [0, 0.1) is 0 Å². The third-order valence-electron chi connectivity index (χ3n) is 5.79. The van der Waals surface area contributed by atoms with Gasteiger partial charge < -0.3 is 15.1 Å². The Morgan fingerprint density at radius 3 is 2.53 bits per heavy atom. The lowest BCUT2D eigenvalue weighted by Crippen LogP contribution is -2.46. The number of benzene rings is 2. The first-order chi connectivity index (χ1) is 15.6. The lowest BCUT2D eigenvalue weighted by molar-refractivity contribution is -0.119. The highest BCUT2D eigenvalue weighted by molar-refractivity contribution is 5.96. The smallest absolute Gasteiger partial charge is 0.244 e. The van der Waals surface area contributed by atoms with Crippen molar-refractivity contribution in [2.45, 2.75) is 32.2 Å². The molecular weight excluding hydrogens is 402 g/mol. The Bertz CT molecular complexity index is 1100. The predicted octanol–water partition coefficient (Wildman–Crippen LogP) is 4.23. The van der Waals surface area contributed by atoms with Crippen molar-refractivity contribution in [2.24, 2.45) is 0 Å². The minimum Gasteiger partial charge on any atom is -0.460 e. The standard InChI is InChI=1S/C26H29N3O3/c1-2-23-22(21-10-6-7-11-24(21)32-23)12-13-25(30)27-20-14-16-29(17-15-20)18-26(31)28-19-8-4-3-5-9-19/h3-13,20H,2,14-18H2,1H3,(H,27,30)(H,28,31)/b13-12+. The summed E-state index contributed by atoms with van der Waals surface area (Å²) in [7, 11) is 0. The average molecular weight is 432 g/mol. The largest absolute Gasteiger partial charge is 0.460 e. The number of likely N-dealkylation sites (tertiary alicyclic amines) is 1. The van der Waals surface area contributed by atoms with Crippen molar-refractivity contribution in [3.05, 3.63) is 72.0 Å². The molecule has 0 atom stereocenters. The predicted molar refractivity (Wildman–Crippen MR) is 127 cm³/mol. The molecular formula is C26H29N3O3. The lowest BCUT2D eigenvalue weighted by atomic mass is 10.0. The minimum absolute atomic E-state index is 0.0133. The number of fused-ring (bicyclic) bond motifs is 1. The van der Waals surface area contributed by atoms with Gasteiger partial charge in [-0.1, -0.05) is 43.3 Å². The number of hydrogen-bond acceptors (Lipinski definition) is 4. The van der Waals surface area contributed by atoms with Crippen molar-refractivity contribution < 1.29 is 14.0 Å². The first-order valence-electron chi connectivity index (χ1n) is 11.2. The second-order valence-electron chi connectivity index (χ2n) is 8.10. The van der Waals surface area contributed by atoms with Gasteiger partial charge in [-0.15, -0.1) is 0 Å². The van der Waals surface area contributed by atoms with Gasteiger partial charge in [0.2, 0.25) is 11.8 Å². The van der Waals surface area contributed by atoms with Gasteiger partial charge in [-0.2, -0.15) is 0 Å². The highest BCUT2D eigenvalue weighted by atomic mass is 16.3. The number of piperidine rings is 1. The zero-order valence-corrected chi connectivity index (χ0v) is 18.3. The van der Waals surface area contributed by atoms with Gasteiger partial charge >= 0.3 is 0 Å². The SMILES string of the molecule is CCc1oc2ccccc2c1/C=C/C(=O)NC1CCN(CC(=O)Nc2ccccc2)CC1. The van der Waals surface area contributed by atoms with Gasteiger partial charge in [0.1, 0.15) is 11.3 Å². The number of carbonyl (C=O) groups is 2. The Labute approximate surface area is 188 Å². The summed E-state index contributed by atoms with van der Waals surface area (Å²) in [6.07, 6.45) is 5.87. The van der Waals surface area contributed by atoms with Crippen molar-refractivity contribution in [1.82, 2.24) is 10.2 Å². The fraction of sp³-hybridized carbons (Fsp3) is 0.308. The molecule has 2 N–H and O–H groups in total. The molecule has 0 unspecified atom stereocenters. The molecule has 0 spiro atoms. The number of anilines is 1. The normalized spacial score (nSPS) is 15.3. The summed E-state index contributed by atoms with van der Waals surface area (Å²) in [6, 6.07) is 17.5. The zero-order valence-electron chi connectivity index (χ0n) is 18.3. The molecule has 2 aromatic carbocycles. The molecule has 166 valence electrons. The van der Waals surface area contributed by atoms with E-state index < -0.39 is 0 Å². The highest BCUT2D eigenvalue weighted by Gasteiger charge is 2.21. The maximum Gasteiger partial charge on any atom is 0.244 e. The molecule has 0 radical (unpaired) electrons. The number of nitrogens with zero attached hydrogens (tertiary/aromatic N) is 1. The Morgan fingerprint density at radius 2 is 1.78 bits per heavy atom. The number of para-hydroxylation sites is 2. The van der Waals surface area contributed by atoms with Crippen LogP contribution in [0.4, 0.5) is 5.69 Å². The molecule has 0 saturated carbocycles. The molecule has 1 fully saturated rings. The third-order valence-corrected chi connectivity index (χ3v) is 5.79. The van der Waals surface area contributed by atoms with Crippen molar-refractivity contribution in [3.63, 3.8) is 0 Å². The Balaban J connectivity index is 1.26. The third kappa shape index (κ3) is 5.45. The molecule has 1 saturated heterocycles. The van der Waals surface area contributed by atoms with E-state index in [0.717, 1.165) is 60.3 Å². The summed E-state index contributed by atoms with van der Waals surface area (Å²) in [5.74, 6) is 0.774. The van der Waals surface area contributed by atoms with Crippen LogP contribution in [0.2, 0.25) is 0 Å². The van der Waals surface area contributed by atoms with Crippen LogP contribution in [-0.2, 0) is 16.0 Å². The van der Waals surface area contributed by atoms with E-state index in [9.17, 15) is 9.59 Å². The number of nitrogens with one attached hydrogen (secondary N) is 2. The summed E-state index contributed by atoms with van der Waals surface area (Å²) in [5.41, 5.74) is 2.62. The monoisotopic (exact) mass is 431 g/mol. The van der Waals surface area contributed by atoms with E-state index in [-0.39, 0.29) is 17.9 Å². The minimum atomic E-state index is -0.0994. The maximum absolute atomic E-state index is 12.5. The van der Waals surface area contributed by atoms with Crippen molar-refractivity contribution in [3.8, 4) is 0 Å². The molecule has 4 rings (SSSR count). The van der Waals surface area contributed by atoms with Gasteiger partial charge in [-0.05, 0) is 37.1 Å². The van der Waals surface area contributed by atoms with E-state index in [0.29, 0.717) is 6.54 Å². The second kappa shape index (κ2) is 10.3. The number of aryl methyl sites for hydroxylation is 1. The van der Waals surface area contributed by atoms with Crippen molar-refractivity contribution >= 4 is 34.5 Å². The molecule has 2 heterocycles. The summed E-state index contributed by atoms with van der Waals surface area (Å²) in [5, 5.41) is 7.04. The van der Waals surface area contributed by atoms with Crippen LogP contribution in [0.5, 0.6) is 0 Å². The molecule has 6 nitrogen and oxygen atoms in total. The van der Waals surface area contributed by atoms with Crippen molar-refractivity contribution in [1.29, 1.82) is 0 Å². The lowest BCUT2D eigenvalue weighted by Gasteiger charge is -2.31. The van der Waals surface area contributed by atoms with Crippen LogP contribution in [-0.4, -0.2) is 42.4 Å². The van der Waals surface area contributed by atoms with Crippen LogP contribution in [0.1, 0.15) is 31.1 Å². The van der Waals surface area contributed by atoms with Gasteiger partial charge in [0.25, 0.3) is 0 Å². The van der Waals surface area contributed by atoms with Gasteiger partial charge in [-0.3, -0.25) is 14.5 Å². The van der Waals surface area contributed by atoms with E-state index >= 15 is 0 Å². The van der Waals surface area contributed by atoms with Crippen LogP contribution < -0.4 is 10.6 Å². The van der Waals surface area contributed by atoms with E-state index in [1.165, 1.54) is 0 Å². The Kier molecular flexibility index (Phi) is 7.02. The summed E-state index contributed by atoms with van der Waals surface area (Å²) >= 11 is 0. The molecule has 1 aliphatic rings. The van der Waals surface area contributed by atoms with Crippen LogP contribution in [0.15, 0.2) is 65.1 Å². The Hall–Kier alpha value is -3.38. The molecule has 1 aliphatic heterocycles. The van der Waals surface area contributed by atoms with Crippen LogP contribution in [0.25, 0.3) is 17.0 Å². The first-order valence-corrected chi connectivity index (χ1v) is 11.2. The average Bonchev–Trinajstić information content (AvgIpc) is 3.17. The summed E-state index contributed by atoms with van der Waals surface area (Å²) in [4.78, 5) is 26.9. The fourth-order valence-electron chi connectivity index (χ4n) is 4.13. The zero-order chi connectivity index (χ0) is 22.3. The topological polar surface area (TPSA) is 74.6 Å². The van der Waals surface area contributed by atoms with Gasteiger partial charge in [0.15, 0.2) is 0 Å². The molecule has 6 heteroatoms. The number of hydrogen-bond donors (Lipinski definition) is 2. The van der Waals surface area contributed by atoms with Crippen LogP contribution in [0.3, 0.4) is 0 Å². The molecule has 3 aromatic rings. The second-order valence-corrected chi connectivity index (χ2v) is 8.10. The van der Waals surface area contributed by atoms with Crippen LogP contribution >= 0.6 is 0 Å². The molecule has 32 heavy (non-hydrogen) atoms. The van der Waals surface area contributed by atoms with Crippen molar-refractivity contribution in [2.75, 3.05) is 25.0 Å². The van der Waals surface area contributed by atoms with Gasteiger partial charge in [0.05, 0.1) is 6.54 Å². The number of rotatable bonds is 7. The quantitative estimate of drug-likeness (QED) is 0.549. The van der Waals surface area contributed by atoms with E-state index in [1.807, 2.05) is 67.6 Å². The molecule has 2 amide bonds. The highest BCUT2D eigenvalue weighted by Crippen LogP contribution is 2.27. The van der Waals surface area contributed by atoms with E-state index in [1.54, 1.807) is 6.08 Å². The summed E-state index contributed by atoms with van der Waals surface area (Å²) < 4.78 is 5.89. The Morgan fingerprint density at radius 1 is 1.06 bits per heavy atom. The fourth-order valence-corrected chi connectivity index (χ4v) is 4.13. The van der Waals surface area contributed by atoms with E-state index in [2.05, 4.69) is 15.5 Å². The molecule has 0 aliphatic carbocycles. The van der Waals surface area contributed by atoms with Gasteiger partial charge in [-0.25, -0.2) is 0 Å². The first kappa shape index (κ1) is 21.8. The molecule has 0 bridgehead atoms. The van der Waals surface area contributed by atoms with Gasteiger partial charge in [0, 0.05) is 48.3 Å². The number of furan rings is 1. The number of carbonyl (C=O) groups excluding carboxylic acids is 2. The number of amides is 2.